The molecule has 1 unspecified atom stereocenters. The van der Waals surface area contributed by atoms with Gasteiger partial charge in [-0.25, -0.2) is 0 Å². The van der Waals surface area contributed by atoms with E-state index in [1.165, 1.54) is 41.5 Å². The van der Waals surface area contributed by atoms with Crippen LogP contribution < -0.4 is 24.8 Å². The van der Waals surface area contributed by atoms with Crippen molar-refractivity contribution >= 4 is 11.3 Å². The minimum atomic E-state index is -1.39. The summed E-state index contributed by atoms with van der Waals surface area (Å²) in [5.41, 5.74) is 23.0. The van der Waals surface area contributed by atoms with Crippen LogP contribution in [0.1, 0.15) is 83.6 Å². The molecule has 0 amide bonds. The molecule has 0 aliphatic heterocycles. The number of hydrogen-bond donors (Lipinski definition) is 0. The number of fused-ring (bicyclic) bond motifs is 2. The van der Waals surface area contributed by atoms with Crippen LogP contribution in [0.5, 0.6) is 0 Å². The number of halogens is 2. The van der Waals surface area contributed by atoms with Gasteiger partial charge in [-0.05, 0) is 0 Å². The molecule has 37 heavy (non-hydrogen) atoms. The molecular weight excluding hydrogens is 587 g/mol. The van der Waals surface area contributed by atoms with Crippen LogP contribution in [-0.4, -0.2) is 5.20 Å². The molecule has 4 heteroatoms. The van der Waals surface area contributed by atoms with Crippen molar-refractivity contribution in [1.82, 2.24) is 0 Å². The van der Waals surface area contributed by atoms with Crippen LogP contribution in [-0.2, 0) is 35.2 Å². The molecular formula is C33H42Cl2SiZr. The zero-order valence-corrected chi connectivity index (χ0v) is 29.3. The summed E-state index contributed by atoms with van der Waals surface area (Å²) < 4.78 is 0.744. The van der Waals surface area contributed by atoms with Crippen molar-refractivity contribution in [3.63, 3.8) is 0 Å². The Bertz CT molecular complexity index is 1340. The molecule has 0 aromatic heterocycles. The van der Waals surface area contributed by atoms with Gasteiger partial charge in [0.1, 0.15) is 0 Å². The van der Waals surface area contributed by atoms with Crippen molar-refractivity contribution in [1.29, 1.82) is 0 Å². The van der Waals surface area contributed by atoms with E-state index < -0.39 is 27.6 Å². The summed E-state index contributed by atoms with van der Waals surface area (Å²) in [4.78, 5) is 0. The van der Waals surface area contributed by atoms with Crippen molar-refractivity contribution in [2.45, 2.75) is 96.9 Å². The summed E-state index contributed by atoms with van der Waals surface area (Å²) in [5, 5.41) is -1.39. The first-order valence-corrected chi connectivity index (χ1v) is 21.7. The molecule has 1 atom stereocenters. The Balaban J connectivity index is 0.00000190. The topological polar surface area (TPSA) is 0 Å². The smallest absolute Gasteiger partial charge is 1.00 e. The fourth-order valence-electron chi connectivity index (χ4n) is 7.35. The third kappa shape index (κ3) is 4.92. The zero-order valence-electron chi connectivity index (χ0n) is 24.3. The van der Waals surface area contributed by atoms with Gasteiger partial charge in [-0.15, -0.1) is 0 Å². The number of aryl methyl sites for hydroxylation is 2. The minimum Gasteiger partial charge on any atom is -1.00 e. The molecule has 196 valence electrons. The van der Waals surface area contributed by atoms with E-state index in [0.29, 0.717) is 0 Å². The SMILES string of the molecule is CC1=Cc2c(cc3c(c2-c2ccc(C)c(C)c2C)CCC3)[CH]1[Zr+2][Si](C)(C)C1C(C)=C(C)C(C)=C1C.[Cl-].[Cl-]. The second kappa shape index (κ2) is 11.1. The van der Waals surface area contributed by atoms with E-state index >= 15 is 0 Å². The van der Waals surface area contributed by atoms with Gasteiger partial charge in [-0.1, -0.05) is 0 Å². The van der Waals surface area contributed by atoms with Crippen molar-refractivity contribution in [2.75, 3.05) is 0 Å². The molecule has 0 saturated heterocycles. The molecule has 0 fully saturated rings. The number of rotatable bonds is 4. The predicted molar refractivity (Wildman–Crippen MR) is 152 cm³/mol. The predicted octanol–water partition coefficient (Wildman–Crippen LogP) is 3.58. The first kappa shape index (κ1) is 30.9. The Kier molecular flexibility index (Phi) is 9.24. The number of allylic oxidation sites excluding steroid dienone is 5. The summed E-state index contributed by atoms with van der Waals surface area (Å²) in [6.07, 6.45) is 6.44. The van der Waals surface area contributed by atoms with E-state index in [2.05, 4.69) is 92.8 Å². The normalized spacial score (nSPS) is 18.9. The average molecular weight is 629 g/mol. The van der Waals surface area contributed by atoms with E-state index in [1.807, 2.05) is 0 Å². The molecule has 3 aliphatic carbocycles. The molecule has 5 rings (SSSR count). The summed E-state index contributed by atoms with van der Waals surface area (Å²) in [6, 6.07) is 7.45. The van der Waals surface area contributed by atoms with Crippen molar-refractivity contribution in [3.8, 4) is 11.1 Å². The maximum atomic E-state index is 2.73. The first-order valence-electron chi connectivity index (χ1n) is 13.5. The Morgan fingerprint density at radius 1 is 0.811 bits per heavy atom. The van der Waals surface area contributed by atoms with Gasteiger partial charge in [0, 0.05) is 0 Å². The van der Waals surface area contributed by atoms with Gasteiger partial charge in [0.05, 0.1) is 0 Å². The fraction of sp³-hybridized carbons (Fsp3) is 0.455. The molecule has 3 aliphatic rings. The second-order valence-corrected chi connectivity index (χ2v) is 29.5. The Morgan fingerprint density at radius 2 is 1.43 bits per heavy atom. The van der Waals surface area contributed by atoms with E-state index in [-0.39, 0.29) is 24.8 Å². The van der Waals surface area contributed by atoms with Crippen LogP contribution in [0.3, 0.4) is 0 Å². The van der Waals surface area contributed by atoms with Crippen molar-refractivity contribution in [3.05, 3.63) is 85.0 Å². The summed E-state index contributed by atoms with van der Waals surface area (Å²) in [6.45, 7) is 24.4. The van der Waals surface area contributed by atoms with Crippen molar-refractivity contribution in [2.24, 2.45) is 0 Å². The third-order valence-electron chi connectivity index (χ3n) is 9.79. The largest absolute Gasteiger partial charge is 1.00 e. The minimum absolute atomic E-state index is 0. The van der Waals surface area contributed by atoms with Gasteiger partial charge >= 0.3 is 227 Å². The molecule has 2 aromatic rings. The van der Waals surface area contributed by atoms with Gasteiger partial charge < -0.3 is 24.8 Å². The van der Waals surface area contributed by atoms with Crippen molar-refractivity contribution < 1.29 is 47.2 Å². The number of benzene rings is 2. The molecule has 0 saturated carbocycles. The van der Waals surface area contributed by atoms with Gasteiger partial charge in [-0.2, -0.15) is 0 Å². The fourth-order valence-corrected chi connectivity index (χ4v) is 24.8. The zero-order chi connectivity index (χ0) is 25.4. The molecule has 0 N–H and O–H groups in total. The molecule has 2 aromatic carbocycles. The van der Waals surface area contributed by atoms with Crippen LogP contribution in [0, 0.1) is 20.8 Å². The maximum absolute atomic E-state index is 2.73. The van der Waals surface area contributed by atoms with Gasteiger partial charge in [0.25, 0.3) is 0 Å². The van der Waals surface area contributed by atoms with Crippen LogP contribution >= 0.6 is 0 Å². The maximum Gasteiger partial charge on any atom is -1.00 e. The third-order valence-corrected chi connectivity index (χ3v) is 24.8. The Labute approximate surface area is 249 Å². The average Bonchev–Trinajstić information content (AvgIpc) is 3.44. The Hall–Kier alpha value is -0.660. The molecule has 0 bridgehead atoms. The van der Waals surface area contributed by atoms with Gasteiger partial charge in [-0.3, -0.25) is 0 Å². The quantitative estimate of drug-likeness (QED) is 0.455. The summed E-state index contributed by atoms with van der Waals surface area (Å²) >= 11 is -0.682. The monoisotopic (exact) mass is 626 g/mol. The molecule has 0 nitrogen and oxygen atoms in total. The first-order chi connectivity index (χ1) is 16.4. The standard InChI is InChI=1S/C22H23.C11H19Si.2ClH.Zr/c1-13-10-18-12-17-6-5-7-20(17)22(21(18)11-13)19-9-8-14(2)15(3)16(19)4;1-7-8(2)10(4)11(9(7)3)12(5)6;;;/h8-12H,5-7H2,1-4H3;11H,1-6H3;2*1H;/q;;;;+2/p-2. The molecule has 0 radical (unpaired) electrons. The van der Waals surface area contributed by atoms with Crippen LogP contribution in [0.2, 0.25) is 18.6 Å². The van der Waals surface area contributed by atoms with Gasteiger partial charge in [0.2, 0.25) is 0 Å². The van der Waals surface area contributed by atoms with E-state index in [0.717, 1.165) is 9.17 Å². The molecule has 0 heterocycles. The second-order valence-electron chi connectivity index (χ2n) is 12.2. The van der Waals surface area contributed by atoms with Crippen LogP contribution in [0.25, 0.3) is 17.2 Å². The molecule has 0 spiro atoms. The van der Waals surface area contributed by atoms with E-state index in [4.69, 9.17) is 0 Å². The summed E-state index contributed by atoms with van der Waals surface area (Å²) in [7, 11) is 0. The summed E-state index contributed by atoms with van der Waals surface area (Å²) in [5.74, 6) is 0. The number of hydrogen-bond acceptors (Lipinski definition) is 0. The van der Waals surface area contributed by atoms with E-state index in [9.17, 15) is 0 Å². The Morgan fingerprint density at radius 3 is 2.05 bits per heavy atom. The van der Waals surface area contributed by atoms with E-state index in [1.54, 1.807) is 55.7 Å². The van der Waals surface area contributed by atoms with Crippen LogP contribution in [0.4, 0.5) is 0 Å². The van der Waals surface area contributed by atoms with Crippen LogP contribution in [0.15, 0.2) is 46.1 Å². The van der Waals surface area contributed by atoms with Gasteiger partial charge in [0.15, 0.2) is 0 Å².